The number of hydrogen-bond donors (Lipinski definition) is 0. The van der Waals surface area contributed by atoms with E-state index in [1.165, 1.54) is 24.8 Å². The van der Waals surface area contributed by atoms with Gasteiger partial charge >= 0.3 is 0 Å². The molecule has 0 atom stereocenters. The Labute approximate surface area is 98.0 Å². The molecule has 0 spiro atoms. The third-order valence-electron chi connectivity index (χ3n) is 3.65. The molecular weight excluding hydrogens is 287 g/mol. The van der Waals surface area contributed by atoms with Crippen molar-refractivity contribution in [2.45, 2.75) is 28.1 Å². The summed E-state index contributed by atoms with van der Waals surface area (Å²) in [5.74, 6) is 0.995. The van der Waals surface area contributed by atoms with Gasteiger partial charge in [0, 0.05) is 3.42 Å². The number of methoxy groups -OCH3 is 1. The molecule has 3 aliphatic rings. The molecule has 0 radical (unpaired) electrons. The summed E-state index contributed by atoms with van der Waals surface area (Å²) < 4.78 is 5.91. The van der Waals surface area contributed by atoms with E-state index in [0.29, 0.717) is 8.84 Å². The third kappa shape index (κ3) is 1.06. The van der Waals surface area contributed by atoms with E-state index in [-0.39, 0.29) is 0 Å². The molecule has 3 saturated carbocycles. The van der Waals surface area contributed by atoms with E-state index in [4.69, 9.17) is 4.74 Å². The van der Waals surface area contributed by atoms with Crippen LogP contribution in [0.15, 0.2) is 24.3 Å². The zero-order valence-corrected chi connectivity index (χ0v) is 10.4. The minimum Gasteiger partial charge on any atom is -0.497 e. The second-order valence-corrected chi connectivity index (χ2v) is 6.98. The molecule has 4 rings (SSSR count). The summed E-state index contributed by atoms with van der Waals surface area (Å²) in [6.45, 7) is 0. The van der Waals surface area contributed by atoms with E-state index in [9.17, 15) is 0 Å². The highest BCUT2D eigenvalue weighted by atomic mass is 127. The molecule has 1 aromatic carbocycles. The highest BCUT2D eigenvalue weighted by molar-refractivity contribution is 14.1. The maximum absolute atomic E-state index is 5.26. The zero-order valence-electron chi connectivity index (χ0n) is 8.22. The molecule has 3 aliphatic carbocycles. The van der Waals surface area contributed by atoms with Crippen molar-refractivity contribution < 1.29 is 4.74 Å². The Morgan fingerprint density at radius 2 is 2.00 bits per heavy atom. The van der Waals surface area contributed by atoms with Crippen LogP contribution in [0.2, 0.25) is 0 Å². The van der Waals surface area contributed by atoms with Gasteiger partial charge in [-0.15, -0.1) is 0 Å². The van der Waals surface area contributed by atoms with Crippen molar-refractivity contribution in [3.8, 4) is 5.75 Å². The van der Waals surface area contributed by atoms with Crippen molar-refractivity contribution in [1.82, 2.24) is 0 Å². The van der Waals surface area contributed by atoms with E-state index in [1.807, 2.05) is 6.07 Å². The fourth-order valence-electron chi connectivity index (χ4n) is 2.92. The molecule has 0 aromatic heterocycles. The van der Waals surface area contributed by atoms with Crippen LogP contribution in [-0.4, -0.2) is 10.5 Å². The van der Waals surface area contributed by atoms with Crippen LogP contribution in [0, 0.1) is 0 Å². The van der Waals surface area contributed by atoms with E-state index in [0.717, 1.165) is 5.75 Å². The molecule has 0 aliphatic heterocycles. The summed E-state index contributed by atoms with van der Waals surface area (Å²) in [5.41, 5.74) is 2.01. The number of ether oxygens (including phenoxy) is 1. The van der Waals surface area contributed by atoms with Crippen molar-refractivity contribution >= 4 is 22.6 Å². The Morgan fingerprint density at radius 3 is 2.57 bits per heavy atom. The van der Waals surface area contributed by atoms with Crippen molar-refractivity contribution in [2.24, 2.45) is 0 Å². The molecule has 0 N–H and O–H groups in total. The highest BCUT2D eigenvalue weighted by Crippen LogP contribution is 2.72. The fraction of sp³-hybridized carbons (Fsp3) is 0.500. The normalized spacial score (nSPS) is 38.4. The number of benzene rings is 1. The van der Waals surface area contributed by atoms with E-state index >= 15 is 0 Å². The predicted octanol–water partition coefficient (Wildman–Crippen LogP) is 3.30. The maximum atomic E-state index is 5.26. The lowest BCUT2D eigenvalue weighted by Crippen LogP contribution is -2.65. The van der Waals surface area contributed by atoms with Gasteiger partial charge in [-0.2, -0.15) is 0 Å². The molecule has 0 saturated heterocycles. The topological polar surface area (TPSA) is 9.23 Å². The second kappa shape index (κ2) is 2.65. The average Bonchev–Trinajstić information content (AvgIpc) is 2.12. The van der Waals surface area contributed by atoms with Crippen LogP contribution < -0.4 is 4.74 Å². The lowest BCUT2D eigenvalue weighted by atomic mass is 9.42. The third-order valence-corrected chi connectivity index (χ3v) is 4.79. The van der Waals surface area contributed by atoms with Gasteiger partial charge in [-0.3, -0.25) is 0 Å². The first-order chi connectivity index (χ1) is 6.66. The SMILES string of the molecule is COc1cccc(C23CC(I)(C2)C3)c1. The molecule has 3 fully saturated rings. The molecule has 14 heavy (non-hydrogen) atoms. The van der Waals surface area contributed by atoms with Crippen LogP contribution in [0.25, 0.3) is 0 Å². The summed E-state index contributed by atoms with van der Waals surface area (Å²) in [5, 5.41) is 0. The van der Waals surface area contributed by atoms with Crippen LogP contribution in [-0.2, 0) is 5.41 Å². The molecule has 1 nitrogen and oxygen atoms in total. The number of alkyl halides is 1. The van der Waals surface area contributed by atoms with Gasteiger partial charge in [0.25, 0.3) is 0 Å². The Morgan fingerprint density at radius 1 is 1.29 bits per heavy atom. The van der Waals surface area contributed by atoms with E-state index in [1.54, 1.807) is 7.11 Å². The van der Waals surface area contributed by atoms with Gasteiger partial charge in [-0.25, -0.2) is 0 Å². The molecule has 0 heterocycles. The van der Waals surface area contributed by atoms with Gasteiger partial charge in [0.2, 0.25) is 0 Å². The highest BCUT2D eigenvalue weighted by Gasteiger charge is 2.66. The lowest BCUT2D eigenvalue weighted by Gasteiger charge is -2.68. The summed E-state index contributed by atoms with van der Waals surface area (Å²) in [4.78, 5) is 0. The molecule has 2 heteroatoms. The minimum atomic E-state index is 0.524. The number of halogens is 1. The van der Waals surface area contributed by atoms with Crippen molar-refractivity contribution in [2.75, 3.05) is 7.11 Å². The maximum Gasteiger partial charge on any atom is 0.119 e. The van der Waals surface area contributed by atoms with Crippen LogP contribution in [0.5, 0.6) is 5.75 Å². The summed E-state index contributed by atoms with van der Waals surface area (Å²) >= 11 is 2.62. The van der Waals surface area contributed by atoms with Crippen LogP contribution in [0.1, 0.15) is 24.8 Å². The molecule has 0 amide bonds. The molecule has 1 aromatic rings. The summed E-state index contributed by atoms with van der Waals surface area (Å²) in [6.07, 6.45) is 4.11. The first-order valence-corrected chi connectivity index (χ1v) is 6.07. The van der Waals surface area contributed by atoms with Crippen molar-refractivity contribution in [3.63, 3.8) is 0 Å². The molecule has 2 bridgehead atoms. The first-order valence-electron chi connectivity index (χ1n) is 4.99. The number of hydrogen-bond acceptors (Lipinski definition) is 1. The minimum absolute atomic E-state index is 0.524. The smallest absolute Gasteiger partial charge is 0.119 e. The summed E-state index contributed by atoms with van der Waals surface area (Å²) in [7, 11) is 1.74. The van der Waals surface area contributed by atoms with E-state index in [2.05, 4.69) is 40.8 Å². The average molecular weight is 300 g/mol. The van der Waals surface area contributed by atoms with Crippen LogP contribution >= 0.6 is 22.6 Å². The standard InChI is InChI=1S/C12H13IO/c1-14-10-4-2-3-9(5-10)11-6-12(13,7-11)8-11/h2-5H,6-8H2,1H3. The Bertz CT molecular complexity index is 366. The van der Waals surface area contributed by atoms with Crippen molar-refractivity contribution in [1.29, 1.82) is 0 Å². The van der Waals surface area contributed by atoms with Crippen LogP contribution in [0.3, 0.4) is 0 Å². The molecular formula is C12H13IO. The number of rotatable bonds is 2. The predicted molar refractivity (Wildman–Crippen MR) is 65.3 cm³/mol. The van der Waals surface area contributed by atoms with Gasteiger partial charge in [0.05, 0.1) is 7.11 Å². The van der Waals surface area contributed by atoms with Gasteiger partial charge in [0.15, 0.2) is 0 Å². The van der Waals surface area contributed by atoms with Gasteiger partial charge in [-0.1, -0.05) is 34.7 Å². The quantitative estimate of drug-likeness (QED) is 0.601. The fourth-order valence-corrected chi connectivity index (χ4v) is 5.11. The zero-order chi connectivity index (χ0) is 9.81. The second-order valence-electron chi connectivity index (χ2n) is 4.69. The van der Waals surface area contributed by atoms with Crippen molar-refractivity contribution in [3.05, 3.63) is 29.8 Å². The monoisotopic (exact) mass is 300 g/mol. The lowest BCUT2D eigenvalue weighted by molar-refractivity contribution is 0.0218. The summed E-state index contributed by atoms with van der Waals surface area (Å²) in [6, 6.07) is 8.58. The largest absolute Gasteiger partial charge is 0.497 e. The molecule has 74 valence electrons. The van der Waals surface area contributed by atoms with Crippen LogP contribution in [0.4, 0.5) is 0 Å². The Hall–Kier alpha value is -0.250. The van der Waals surface area contributed by atoms with Gasteiger partial charge in [-0.05, 0) is 42.4 Å². The first kappa shape index (κ1) is 9.01. The van der Waals surface area contributed by atoms with Gasteiger partial charge < -0.3 is 4.74 Å². The molecule has 0 unspecified atom stereocenters. The Kier molecular flexibility index (Phi) is 1.71. The van der Waals surface area contributed by atoms with Gasteiger partial charge in [0.1, 0.15) is 5.75 Å². The van der Waals surface area contributed by atoms with E-state index < -0.39 is 0 Å². The Balaban J connectivity index is 1.91.